The van der Waals surface area contributed by atoms with Gasteiger partial charge in [0.2, 0.25) is 0 Å². The van der Waals surface area contributed by atoms with E-state index in [0.29, 0.717) is 6.54 Å². The summed E-state index contributed by atoms with van der Waals surface area (Å²) in [7, 11) is 2.72. The van der Waals surface area contributed by atoms with Crippen LogP contribution >= 0.6 is 10.7 Å². The lowest BCUT2D eigenvalue weighted by atomic mass is 10.2. The normalized spacial score (nSPS) is 12.1. The average molecular weight is 254 g/mol. The molecule has 15 heavy (non-hydrogen) atoms. The first-order valence-corrected chi connectivity index (χ1v) is 6.59. The molecule has 1 aromatic rings. The molecule has 0 bridgehead atoms. The minimum atomic E-state index is -3.89. The van der Waals surface area contributed by atoms with Crippen LogP contribution in [-0.2, 0) is 15.6 Å². The fourth-order valence-electron chi connectivity index (χ4n) is 1.13. The van der Waals surface area contributed by atoms with E-state index in [-0.39, 0.29) is 17.1 Å². The Balaban J connectivity index is 3.24. The Hall–Kier alpha value is -0.820. The Labute approximate surface area is 92.6 Å². The molecule has 0 aromatic carbocycles. The molecule has 86 valence electrons. The van der Waals surface area contributed by atoms with Crippen LogP contribution in [0.25, 0.3) is 0 Å². The van der Waals surface area contributed by atoms with Crippen LogP contribution in [-0.4, -0.2) is 30.3 Å². The fraction of sp³-hybridized carbons (Fsp3) is 0.714. The van der Waals surface area contributed by atoms with E-state index in [1.807, 2.05) is 13.8 Å². The predicted molar refractivity (Wildman–Crippen MR) is 54.5 cm³/mol. The van der Waals surface area contributed by atoms with Crippen LogP contribution in [0.2, 0.25) is 0 Å². The molecule has 0 atom stereocenters. The van der Waals surface area contributed by atoms with Gasteiger partial charge in [0, 0.05) is 17.2 Å². The van der Waals surface area contributed by atoms with Crippen LogP contribution in [0.5, 0.6) is 6.01 Å². The molecule has 0 radical (unpaired) electrons. The van der Waals surface area contributed by atoms with E-state index in [4.69, 9.17) is 15.4 Å². The Bertz CT molecular complexity index is 440. The third-order valence-electron chi connectivity index (χ3n) is 1.63. The highest BCUT2D eigenvalue weighted by atomic mass is 35.7. The zero-order valence-electron chi connectivity index (χ0n) is 8.64. The second-order valence-electron chi connectivity index (χ2n) is 3.41. The molecule has 0 unspecified atom stereocenters. The van der Waals surface area contributed by atoms with Gasteiger partial charge < -0.3 is 4.74 Å². The van der Waals surface area contributed by atoms with E-state index < -0.39 is 9.05 Å². The van der Waals surface area contributed by atoms with Crippen LogP contribution in [0.15, 0.2) is 5.16 Å². The smallest absolute Gasteiger partial charge is 0.317 e. The molecule has 0 spiro atoms. The van der Waals surface area contributed by atoms with Crippen molar-refractivity contribution < 1.29 is 13.2 Å². The van der Waals surface area contributed by atoms with Gasteiger partial charge >= 0.3 is 6.01 Å². The van der Waals surface area contributed by atoms with Crippen LogP contribution < -0.4 is 4.74 Å². The second-order valence-corrected chi connectivity index (χ2v) is 5.87. The van der Waals surface area contributed by atoms with Gasteiger partial charge in [-0.15, -0.1) is 5.10 Å². The summed E-state index contributed by atoms with van der Waals surface area (Å²) < 4.78 is 28.5. The van der Waals surface area contributed by atoms with Gasteiger partial charge in [-0.2, -0.15) is 0 Å². The zero-order chi connectivity index (χ0) is 11.6. The lowest BCUT2D eigenvalue weighted by Gasteiger charge is -2.09. The molecule has 1 heterocycles. The van der Waals surface area contributed by atoms with Crippen LogP contribution in [0.1, 0.15) is 13.8 Å². The van der Waals surface area contributed by atoms with Crippen molar-refractivity contribution >= 4 is 19.7 Å². The number of ether oxygens (including phenoxy) is 1. The van der Waals surface area contributed by atoms with Crippen molar-refractivity contribution in [1.29, 1.82) is 0 Å². The van der Waals surface area contributed by atoms with Gasteiger partial charge in [0.1, 0.15) is 0 Å². The Morgan fingerprint density at radius 3 is 2.47 bits per heavy atom. The number of halogens is 1. The Morgan fingerprint density at radius 2 is 2.07 bits per heavy atom. The fourth-order valence-corrected chi connectivity index (χ4v) is 2.02. The third kappa shape index (κ3) is 2.82. The topological polar surface area (TPSA) is 74.1 Å². The maximum atomic E-state index is 11.2. The summed E-state index contributed by atoms with van der Waals surface area (Å²) in [4.78, 5) is 0. The molecule has 0 aliphatic carbocycles. The van der Waals surface area contributed by atoms with Gasteiger partial charge in [0.05, 0.1) is 7.11 Å². The summed E-state index contributed by atoms with van der Waals surface area (Å²) >= 11 is 0. The summed E-state index contributed by atoms with van der Waals surface area (Å²) in [6.07, 6.45) is 0. The standard InChI is InChI=1S/C7H12ClN3O3S/c1-5(2)4-11-6(14-3)9-10-7(11)15(8,12)13/h5H,4H2,1-3H3. The van der Waals surface area contributed by atoms with Crippen molar-refractivity contribution in [2.24, 2.45) is 5.92 Å². The number of hydrogen-bond donors (Lipinski definition) is 0. The monoisotopic (exact) mass is 253 g/mol. The summed E-state index contributed by atoms with van der Waals surface area (Å²) in [6.45, 7) is 4.30. The van der Waals surface area contributed by atoms with Crippen LogP contribution in [0.3, 0.4) is 0 Å². The second kappa shape index (κ2) is 4.36. The molecule has 0 fully saturated rings. The van der Waals surface area contributed by atoms with Crippen molar-refractivity contribution in [3.05, 3.63) is 0 Å². The van der Waals surface area contributed by atoms with E-state index in [1.165, 1.54) is 11.7 Å². The summed E-state index contributed by atoms with van der Waals surface area (Å²) in [6, 6.07) is 0.142. The SMILES string of the molecule is COc1nnc(S(=O)(=O)Cl)n1CC(C)C. The lowest BCUT2D eigenvalue weighted by molar-refractivity contribution is 0.336. The van der Waals surface area contributed by atoms with Gasteiger partial charge in [-0.3, -0.25) is 4.57 Å². The van der Waals surface area contributed by atoms with E-state index in [1.54, 1.807) is 0 Å². The minimum Gasteiger partial charge on any atom is -0.467 e. The van der Waals surface area contributed by atoms with E-state index in [2.05, 4.69) is 10.2 Å². The lowest BCUT2D eigenvalue weighted by Crippen LogP contribution is -2.11. The number of aromatic nitrogens is 3. The molecular formula is C7H12ClN3O3S. The molecule has 0 N–H and O–H groups in total. The van der Waals surface area contributed by atoms with E-state index in [9.17, 15) is 8.42 Å². The Morgan fingerprint density at radius 1 is 1.47 bits per heavy atom. The molecule has 8 heteroatoms. The molecule has 0 aliphatic rings. The Kier molecular flexibility index (Phi) is 3.56. The van der Waals surface area contributed by atoms with Gasteiger partial charge in [0.25, 0.3) is 14.2 Å². The third-order valence-corrected chi connectivity index (χ3v) is 2.78. The van der Waals surface area contributed by atoms with Crippen LogP contribution in [0, 0.1) is 5.92 Å². The van der Waals surface area contributed by atoms with E-state index >= 15 is 0 Å². The first-order chi connectivity index (χ1) is 6.86. The summed E-state index contributed by atoms with van der Waals surface area (Å²) in [5.41, 5.74) is 0. The number of methoxy groups -OCH3 is 1. The molecule has 0 saturated carbocycles. The first kappa shape index (κ1) is 12.3. The predicted octanol–water partition coefficient (Wildman–Crippen LogP) is 0.870. The maximum Gasteiger partial charge on any atom is 0.317 e. The summed E-state index contributed by atoms with van der Waals surface area (Å²) in [5, 5.41) is 6.78. The molecule has 0 aliphatic heterocycles. The summed E-state index contributed by atoms with van der Waals surface area (Å²) in [5.74, 6) is 0.229. The first-order valence-electron chi connectivity index (χ1n) is 4.28. The molecule has 0 saturated heterocycles. The van der Waals surface area contributed by atoms with Crippen molar-refractivity contribution in [1.82, 2.24) is 14.8 Å². The maximum absolute atomic E-state index is 11.2. The highest BCUT2D eigenvalue weighted by Gasteiger charge is 2.23. The molecule has 1 aromatic heterocycles. The number of nitrogens with zero attached hydrogens (tertiary/aromatic N) is 3. The quantitative estimate of drug-likeness (QED) is 0.745. The van der Waals surface area contributed by atoms with E-state index in [0.717, 1.165) is 0 Å². The van der Waals surface area contributed by atoms with Gasteiger partial charge in [0.15, 0.2) is 0 Å². The van der Waals surface area contributed by atoms with Crippen molar-refractivity contribution in [2.75, 3.05) is 7.11 Å². The molecule has 0 amide bonds. The largest absolute Gasteiger partial charge is 0.467 e. The highest BCUT2D eigenvalue weighted by molar-refractivity contribution is 8.13. The highest BCUT2D eigenvalue weighted by Crippen LogP contribution is 2.19. The molecular weight excluding hydrogens is 242 g/mol. The van der Waals surface area contributed by atoms with Crippen molar-refractivity contribution in [3.63, 3.8) is 0 Å². The number of hydrogen-bond acceptors (Lipinski definition) is 5. The van der Waals surface area contributed by atoms with Crippen molar-refractivity contribution in [2.45, 2.75) is 25.5 Å². The van der Waals surface area contributed by atoms with Gasteiger partial charge in [-0.25, -0.2) is 8.42 Å². The zero-order valence-corrected chi connectivity index (χ0v) is 10.2. The number of rotatable bonds is 4. The molecule has 1 rings (SSSR count). The van der Waals surface area contributed by atoms with Gasteiger partial charge in [-0.05, 0) is 5.92 Å². The van der Waals surface area contributed by atoms with Gasteiger partial charge in [-0.1, -0.05) is 18.9 Å². The average Bonchev–Trinajstić information content (AvgIpc) is 2.45. The minimum absolute atomic E-state index is 0.142. The van der Waals surface area contributed by atoms with Crippen molar-refractivity contribution in [3.8, 4) is 6.01 Å². The molecule has 6 nitrogen and oxygen atoms in total. The van der Waals surface area contributed by atoms with Crippen LogP contribution in [0.4, 0.5) is 0 Å².